The maximum atomic E-state index is 12.0. The number of anilines is 1. The quantitative estimate of drug-likeness (QED) is 0.737. The molecule has 1 aliphatic heterocycles. The zero-order valence-corrected chi connectivity index (χ0v) is 12.2. The molecule has 1 aliphatic rings. The molecule has 1 aromatic carbocycles. The molecule has 6 nitrogen and oxygen atoms in total. The topological polar surface area (TPSA) is 82.8 Å². The summed E-state index contributed by atoms with van der Waals surface area (Å²) in [6.45, 7) is 1.50. The minimum absolute atomic E-state index is 0.00249. The highest BCUT2D eigenvalue weighted by molar-refractivity contribution is 5.94. The fourth-order valence-electron chi connectivity index (χ4n) is 2.17. The summed E-state index contributed by atoms with van der Waals surface area (Å²) in [5.74, 6) is 0.615. The Morgan fingerprint density at radius 1 is 1.33 bits per heavy atom. The van der Waals surface area contributed by atoms with Gasteiger partial charge in [-0.25, -0.2) is 0 Å². The highest BCUT2D eigenvalue weighted by Gasteiger charge is 2.29. The van der Waals surface area contributed by atoms with E-state index in [0.29, 0.717) is 26.2 Å². The molecule has 2 unspecified atom stereocenters. The molecule has 0 aliphatic carbocycles. The maximum absolute atomic E-state index is 12.0. The van der Waals surface area contributed by atoms with Gasteiger partial charge in [0.2, 0.25) is 0 Å². The van der Waals surface area contributed by atoms with E-state index in [9.17, 15) is 4.79 Å². The molecule has 21 heavy (non-hydrogen) atoms. The third-order valence-electron chi connectivity index (χ3n) is 3.34. The number of ether oxygens (including phenoxy) is 3. The highest BCUT2D eigenvalue weighted by Crippen LogP contribution is 2.21. The normalized spacial score (nSPS) is 21.2. The molecular formula is C15H22N2O4. The van der Waals surface area contributed by atoms with E-state index in [-0.39, 0.29) is 12.0 Å². The molecule has 1 fully saturated rings. The van der Waals surface area contributed by atoms with Crippen molar-refractivity contribution in [2.24, 2.45) is 5.73 Å². The number of rotatable bonds is 7. The molecule has 116 valence electrons. The minimum atomic E-state index is -0.406. The van der Waals surface area contributed by atoms with Crippen LogP contribution < -0.4 is 15.8 Å². The smallest absolute Gasteiger partial charge is 0.253 e. The second kappa shape index (κ2) is 7.97. The number of nitrogens with two attached hydrogens (primary N) is 1. The van der Waals surface area contributed by atoms with Crippen LogP contribution in [0.3, 0.4) is 0 Å². The Bertz CT molecular complexity index is 449. The summed E-state index contributed by atoms with van der Waals surface area (Å²) in [7, 11) is 1.63. The predicted molar refractivity (Wildman–Crippen MR) is 79.4 cm³/mol. The second-order valence-corrected chi connectivity index (χ2v) is 4.91. The molecule has 1 heterocycles. The Morgan fingerprint density at radius 2 is 2.10 bits per heavy atom. The van der Waals surface area contributed by atoms with Crippen LogP contribution in [0.15, 0.2) is 24.3 Å². The van der Waals surface area contributed by atoms with Crippen molar-refractivity contribution in [1.82, 2.24) is 0 Å². The third kappa shape index (κ3) is 4.70. The average molecular weight is 294 g/mol. The molecule has 0 radical (unpaired) electrons. The summed E-state index contributed by atoms with van der Waals surface area (Å²) in [6.07, 6.45) is 1.14. The summed E-state index contributed by atoms with van der Waals surface area (Å²) in [5.41, 5.74) is 6.26. The van der Waals surface area contributed by atoms with Gasteiger partial charge < -0.3 is 25.3 Å². The summed E-state index contributed by atoms with van der Waals surface area (Å²) in [4.78, 5) is 12.0. The zero-order valence-electron chi connectivity index (χ0n) is 12.2. The lowest BCUT2D eigenvalue weighted by atomic mass is 10.2. The van der Waals surface area contributed by atoms with Crippen LogP contribution in [-0.4, -0.2) is 45.0 Å². The monoisotopic (exact) mass is 294 g/mol. The summed E-state index contributed by atoms with van der Waals surface area (Å²) < 4.78 is 15.9. The zero-order chi connectivity index (χ0) is 15.1. The lowest BCUT2D eigenvalue weighted by Crippen LogP contribution is -2.29. The molecule has 0 saturated carbocycles. The summed E-state index contributed by atoms with van der Waals surface area (Å²) >= 11 is 0. The SMILES string of the molecule is COCCOc1ccc(NC(=O)C2CCC(CN)O2)cc1. The standard InChI is InChI=1S/C15H22N2O4/c1-19-8-9-20-12-4-2-11(3-5-12)17-15(18)14-7-6-13(10-16)21-14/h2-5,13-14H,6-10,16H2,1H3,(H,17,18). The van der Waals surface area contributed by atoms with Crippen LogP contribution in [0.4, 0.5) is 5.69 Å². The van der Waals surface area contributed by atoms with Crippen LogP contribution in [0.2, 0.25) is 0 Å². The highest BCUT2D eigenvalue weighted by atomic mass is 16.5. The molecule has 2 atom stereocenters. The van der Waals surface area contributed by atoms with Crippen molar-refractivity contribution in [2.45, 2.75) is 25.0 Å². The number of hydrogen-bond acceptors (Lipinski definition) is 5. The largest absolute Gasteiger partial charge is 0.491 e. The predicted octanol–water partition coefficient (Wildman–Crippen LogP) is 1.16. The third-order valence-corrected chi connectivity index (χ3v) is 3.34. The maximum Gasteiger partial charge on any atom is 0.253 e. The van der Waals surface area contributed by atoms with E-state index >= 15 is 0 Å². The Balaban J connectivity index is 1.81. The van der Waals surface area contributed by atoms with E-state index in [1.54, 1.807) is 19.2 Å². The van der Waals surface area contributed by atoms with Crippen LogP contribution in [0.5, 0.6) is 5.75 Å². The Labute approximate surface area is 124 Å². The van der Waals surface area contributed by atoms with Crippen molar-refractivity contribution in [1.29, 1.82) is 0 Å². The molecule has 1 amide bonds. The first-order chi connectivity index (χ1) is 10.2. The van der Waals surface area contributed by atoms with Gasteiger partial charge in [0.05, 0.1) is 12.7 Å². The lowest BCUT2D eigenvalue weighted by Gasteiger charge is -2.13. The van der Waals surface area contributed by atoms with Gasteiger partial charge in [-0.05, 0) is 37.1 Å². The lowest BCUT2D eigenvalue weighted by molar-refractivity contribution is -0.126. The fraction of sp³-hybridized carbons (Fsp3) is 0.533. The van der Waals surface area contributed by atoms with Gasteiger partial charge in [-0.1, -0.05) is 0 Å². The van der Waals surface area contributed by atoms with Crippen LogP contribution in [0.25, 0.3) is 0 Å². The fourth-order valence-corrected chi connectivity index (χ4v) is 2.17. The Morgan fingerprint density at radius 3 is 2.71 bits per heavy atom. The molecule has 1 saturated heterocycles. The number of benzene rings is 1. The van der Waals surface area contributed by atoms with Crippen molar-refractivity contribution in [3.63, 3.8) is 0 Å². The first-order valence-corrected chi connectivity index (χ1v) is 7.11. The van der Waals surface area contributed by atoms with E-state index in [4.69, 9.17) is 19.9 Å². The molecule has 6 heteroatoms. The van der Waals surface area contributed by atoms with Gasteiger partial charge in [0.1, 0.15) is 18.5 Å². The van der Waals surface area contributed by atoms with E-state index in [0.717, 1.165) is 17.9 Å². The summed E-state index contributed by atoms with van der Waals surface area (Å²) in [6, 6.07) is 7.22. The van der Waals surface area contributed by atoms with Gasteiger partial charge in [-0.3, -0.25) is 4.79 Å². The minimum Gasteiger partial charge on any atom is -0.491 e. The van der Waals surface area contributed by atoms with Crippen LogP contribution in [0.1, 0.15) is 12.8 Å². The molecular weight excluding hydrogens is 272 g/mol. The number of methoxy groups -OCH3 is 1. The molecule has 0 spiro atoms. The van der Waals surface area contributed by atoms with Gasteiger partial charge >= 0.3 is 0 Å². The van der Waals surface area contributed by atoms with Crippen molar-refractivity contribution < 1.29 is 19.0 Å². The van der Waals surface area contributed by atoms with Crippen LogP contribution >= 0.6 is 0 Å². The van der Waals surface area contributed by atoms with Crippen molar-refractivity contribution in [2.75, 3.05) is 32.2 Å². The van der Waals surface area contributed by atoms with Crippen LogP contribution in [0, 0.1) is 0 Å². The van der Waals surface area contributed by atoms with Crippen LogP contribution in [-0.2, 0) is 14.3 Å². The number of carbonyl (C=O) groups excluding carboxylic acids is 1. The first kappa shape index (κ1) is 15.8. The molecule has 0 aromatic heterocycles. The molecule has 1 aromatic rings. The summed E-state index contributed by atoms with van der Waals surface area (Å²) in [5, 5.41) is 2.84. The van der Waals surface area contributed by atoms with E-state index in [1.807, 2.05) is 12.1 Å². The Hall–Kier alpha value is -1.63. The average Bonchev–Trinajstić information content (AvgIpc) is 2.98. The van der Waals surface area contributed by atoms with Gasteiger partial charge in [0, 0.05) is 19.3 Å². The van der Waals surface area contributed by atoms with Crippen molar-refractivity contribution in [3.8, 4) is 5.75 Å². The number of amides is 1. The van der Waals surface area contributed by atoms with E-state index < -0.39 is 6.10 Å². The van der Waals surface area contributed by atoms with E-state index in [2.05, 4.69) is 5.32 Å². The van der Waals surface area contributed by atoms with Gasteiger partial charge in [-0.15, -0.1) is 0 Å². The Kier molecular flexibility index (Phi) is 5.98. The first-order valence-electron chi connectivity index (χ1n) is 7.11. The van der Waals surface area contributed by atoms with Gasteiger partial charge in [0.15, 0.2) is 0 Å². The second-order valence-electron chi connectivity index (χ2n) is 4.91. The molecule has 0 bridgehead atoms. The van der Waals surface area contributed by atoms with Gasteiger partial charge in [0.25, 0.3) is 5.91 Å². The van der Waals surface area contributed by atoms with Gasteiger partial charge in [-0.2, -0.15) is 0 Å². The van der Waals surface area contributed by atoms with Crippen molar-refractivity contribution >= 4 is 11.6 Å². The number of nitrogens with one attached hydrogen (secondary N) is 1. The molecule has 3 N–H and O–H groups in total. The molecule has 2 rings (SSSR count). The number of carbonyl (C=O) groups is 1. The number of hydrogen-bond donors (Lipinski definition) is 2. The van der Waals surface area contributed by atoms with E-state index in [1.165, 1.54) is 0 Å². The van der Waals surface area contributed by atoms with Crippen molar-refractivity contribution in [3.05, 3.63) is 24.3 Å².